The highest BCUT2D eigenvalue weighted by molar-refractivity contribution is 7.91. The Morgan fingerprint density at radius 1 is 1.32 bits per heavy atom. The van der Waals surface area contributed by atoms with Crippen LogP contribution in [-0.4, -0.2) is 68.0 Å². The van der Waals surface area contributed by atoms with Crippen LogP contribution in [-0.2, 0) is 39.1 Å². The van der Waals surface area contributed by atoms with Crippen LogP contribution in [0.4, 0.5) is 0 Å². The average molecular weight is 465 g/mol. The molecule has 1 fully saturated rings. The Balaban J connectivity index is 1.47. The third-order valence-electron chi connectivity index (χ3n) is 6.06. The zero-order chi connectivity index (χ0) is 22.0. The van der Waals surface area contributed by atoms with E-state index >= 15 is 0 Å². The topological polar surface area (TPSA) is 91.8 Å². The summed E-state index contributed by atoms with van der Waals surface area (Å²) >= 11 is 1.19. The second kappa shape index (κ2) is 9.33. The Morgan fingerprint density at radius 3 is 2.81 bits per heavy atom. The van der Waals surface area contributed by atoms with E-state index < -0.39 is 10.0 Å². The molecule has 0 radical (unpaired) electrons. The summed E-state index contributed by atoms with van der Waals surface area (Å²) in [6.45, 7) is 8.03. The summed E-state index contributed by atoms with van der Waals surface area (Å²) in [4.78, 5) is 21.6. The van der Waals surface area contributed by atoms with E-state index in [1.165, 1.54) is 11.3 Å². The number of nitrogens with one attached hydrogen (secondary N) is 1. The van der Waals surface area contributed by atoms with Gasteiger partial charge < -0.3 is 9.64 Å². The first-order valence-corrected chi connectivity index (χ1v) is 12.8. The van der Waals surface area contributed by atoms with E-state index in [0.717, 1.165) is 35.5 Å². The lowest BCUT2D eigenvalue weighted by atomic mass is 9.94. The first-order chi connectivity index (χ1) is 14.9. The lowest BCUT2D eigenvalue weighted by molar-refractivity contribution is -0.139. The quantitative estimate of drug-likeness (QED) is 0.697. The van der Waals surface area contributed by atoms with Gasteiger partial charge in [0.15, 0.2) is 0 Å². The number of aryl methyl sites for hydroxylation is 1. The molecule has 31 heavy (non-hydrogen) atoms. The van der Waals surface area contributed by atoms with Gasteiger partial charge in [-0.3, -0.25) is 14.7 Å². The minimum Gasteiger partial charge on any atom is -0.379 e. The third-order valence-corrected chi connectivity index (χ3v) is 8.86. The van der Waals surface area contributed by atoms with Crippen molar-refractivity contribution in [2.45, 2.75) is 43.6 Å². The van der Waals surface area contributed by atoms with Crippen LogP contribution in [0.25, 0.3) is 0 Å². The molecule has 2 aliphatic rings. The lowest BCUT2D eigenvalue weighted by Gasteiger charge is -2.37. The first kappa shape index (κ1) is 22.3. The van der Waals surface area contributed by atoms with Crippen LogP contribution in [0.3, 0.4) is 0 Å². The van der Waals surface area contributed by atoms with Gasteiger partial charge in [-0.1, -0.05) is 6.07 Å². The van der Waals surface area contributed by atoms with Gasteiger partial charge in [0.05, 0.1) is 19.3 Å². The zero-order valence-electron chi connectivity index (χ0n) is 17.8. The van der Waals surface area contributed by atoms with Gasteiger partial charge in [0.25, 0.3) is 0 Å². The normalized spacial score (nSPS) is 18.6. The number of nitrogens with zero attached hydrogens (tertiary/aromatic N) is 3. The Kier molecular flexibility index (Phi) is 6.73. The lowest BCUT2D eigenvalue weighted by Crippen LogP contribution is -2.51. The molecular formula is C21H28N4O4S2. The third kappa shape index (κ3) is 4.83. The van der Waals surface area contributed by atoms with Gasteiger partial charge in [-0.25, -0.2) is 13.1 Å². The summed E-state index contributed by atoms with van der Waals surface area (Å²) in [6, 6.07) is 3.14. The average Bonchev–Trinajstić information content (AvgIpc) is 3.34. The van der Waals surface area contributed by atoms with E-state index in [-0.39, 0.29) is 18.5 Å². The maximum Gasteiger partial charge on any atom is 0.250 e. The van der Waals surface area contributed by atoms with Crippen molar-refractivity contribution in [2.75, 3.05) is 32.8 Å². The molecule has 1 amide bonds. The second-order valence-electron chi connectivity index (χ2n) is 7.92. The van der Waals surface area contributed by atoms with Crippen LogP contribution < -0.4 is 4.72 Å². The molecule has 0 saturated carbocycles. The Hall–Kier alpha value is -1.85. The maximum atomic E-state index is 13.1. The van der Waals surface area contributed by atoms with Crippen molar-refractivity contribution >= 4 is 27.3 Å². The molecule has 168 valence electrons. The molecule has 10 heteroatoms. The number of carbonyl (C=O) groups excluding carboxylic acids is 1. The predicted octanol–water partition coefficient (Wildman–Crippen LogP) is 1.54. The Morgan fingerprint density at radius 2 is 2.10 bits per heavy atom. The number of hydrogen-bond acceptors (Lipinski definition) is 7. The van der Waals surface area contributed by atoms with Crippen LogP contribution >= 0.6 is 11.3 Å². The fourth-order valence-electron chi connectivity index (χ4n) is 4.18. The number of carbonyl (C=O) groups is 1. The van der Waals surface area contributed by atoms with E-state index in [1.807, 2.05) is 24.9 Å². The summed E-state index contributed by atoms with van der Waals surface area (Å²) in [5.74, 6) is 0.119. The number of amides is 1. The standard InChI is InChI=1S/C21H28N4O4S2/c1-15-19(13-23-31(27,28)20-4-3-11-30-20)18-5-6-25(14-17(18)12-22-15)21(26)16(2)24-7-9-29-10-8-24/h3-4,11-12,16,23H,5-10,13-14H2,1-2H3. The molecule has 0 aromatic carbocycles. The number of morpholine rings is 1. The summed E-state index contributed by atoms with van der Waals surface area (Å²) in [6.07, 6.45) is 2.51. The van der Waals surface area contributed by atoms with Crippen LogP contribution in [0.1, 0.15) is 29.3 Å². The van der Waals surface area contributed by atoms with Gasteiger partial charge in [-0.15, -0.1) is 11.3 Å². The number of fused-ring (bicyclic) bond motifs is 1. The monoisotopic (exact) mass is 464 g/mol. The van der Waals surface area contributed by atoms with E-state index in [4.69, 9.17) is 4.74 Å². The number of pyridine rings is 1. The number of thiophene rings is 1. The molecule has 0 bridgehead atoms. The van der Waals surface area contributed by atoms with Gasteiger partial charge in [0, 0.05) is 44.6 Å². The van der Waals surface area contributed by atoms with Crippen LogP contribution in [0.2, 0.25) is 0 Å². The molecule has 1 saturated heterocycles. The summed E-state index contributed by atoms with van der Waals surface area (Å²) in [7, 11) is -3.55. The number of rotatable bonds is 6. The number of hydrogen-bond donors (Lipinski definition) is 1. The molecule has 8 nitrogen and oxygen atoms in total. The summed E-state index contributed by atoms with van der Waals surface area (Å²) in [5.41, 5.74) is 3.81. The maximum absolute atomic E-state index is 13.1. The first-order valence-electron chi connectivity index (χ1n) is 10.5. The van der Waals surface area contributed by atoms with Gasteiger partial charge >= 0.3 is 0 Å². The Bertz CT molecular complexity index is 1030. The minimum atomic E-state index is -3.55. The molecular weight excluding hydrogens is 436 g/mol. The zero-order valence-corrected chi connectivity index (χ0v) is 19.5. The van der Waals surface area contributed by atoms with Crippen molar-refractivity contribution in [1.82, 2.24) is 19.5 Å². The minimum absolute atomic E-state index is 0.119. The van der Waals surface area contributed by atoms with Gasteiger partial charge in [0.2, 0.25) is 15.9 Å². The summed E-state index contributed by atoms with van der Waals surface area (Å²) < 4.78 is 33.5. The molecule has 0 aliphatic carbocycles. The van der Waals surface area contributed by atoms with Gasteiger partial charge in [-0.2, -0.15) is 0 Å². The SMILES string of the molecule is Cc1ncc2c(c1CNS(=O)(=O)c1cccs1)CCN(C(=O)C(C)N1CCOCC1)C2. The highest BCUT2D eigenvalue weighted by atomic mass is 32.2. The van der Waals surface area contributed by atoms with E-state index in [0.29, 0.717) is 36.9 Å². The largest absolute Gasteiger partial charge is 0.379 e. The molecule has 2 aromatic heterocycles. The number of aromatic nitrogens is 1. The van der Waals surface area contributed by atoms with Crippen molar-refractivity contribution in [3.8, 4) is 0 Å². The molecule has 1 unspecified atom stereocenters. The van der Waals surface area contributed by atoms with Crippen molar-refractivity contribution in [3.63, 3.8) is 0 Å². The van der Waals surface area contributed by atoms with E-state index in [9.17, 15) is 13.2 Å². The second-order valence-corrected chi connectivity index (χ2v) is 10.9. The predicted molar refractivity (Wildman–Crippen MR) is 118 cm³/mol. The van der Waals surface area contributed by atoms with Crippen LogP contribution in [0.5, 0.6) is 0 Å². The molecule has 4 rings (SSSR count). The number of sulfonamides is 1. The molecule has 2 aromatic rings. The molecule has 1 N–H and O–H groups in total. The molecule has 4 heterocycles. The molecule has 0 spiro atoms. The smallest absolute Gasteiger partial charge is 0.250 e. The van der Waals surface area contributed by atoms with Gasteiger partial charge in [0.1, 0.15) is 4.21 Å². The fraction of sp³-hybridized carbons (Fsp3) is 0.524. The highest BCUT2D eigenvalue weighted by Gasteiger charge is 2.30. The van der Waals surface area contributed by atoms with Gasteiger partial charge in [-0.05, 0) is 48.4 Å². The van der Waals surface area contributed by atoms with Crippen molar-refractivity contribution in [3.05, 3.63) is 46.1 Å². The van der Waals surface area contributed by atoms with E-state index in [1.54, 1.807) is 17.5 Å². The fourth-order valence-corrected chi connectivity index (χ4v) is 6.22. The highest BCUT2D eigenvalue weighted by Crippen LogP contribution is 2.26. The molecule has 1 atom stereocenters. The Labute approximate surface area is 187 Å². The van der Waals surface area contributed by atoms with Crippen molar-refractivity contribution < 1.29 is 17.9 Å². The van der Waals surface area contributed by atoms with Crippen LogP contribution in [0, 0.1) is 6.92 Å². The van der Waals surface area contributed by atoms with Crippen LogP contribution in [0.15, 0.2) is 27.9 Å². The summed E-state index contributed by atoms with van der Waals surface area (Å²) in [5, 5.41) is 1.75. The van der Waals surface area contributed by atoms with Crippen molar-refractivity contribution in [1.29, 1.82) is 0 Å². The van der Waals surface area contributed by atoms with Crippen molar-refractivity contribution in [2.24, 2.45) is 0 Å². The van der Waals surface area contributed by atoms with E-state index in [2.05, 4.69) is 14.6 Å². The molecule has 2 aliphatic heterocycles. The number of ether oxygens (including phenoxy) is 1.